The van der Waals surface area contributed by atoms with Crippen molar-refractivity contribution in [3.8, 4) is 6.07 Å². The van der Waals surface area contributed by atoms with E-state index in [0.717, 1.165) is 23.5 Å². The molecule has 0 aliphatic rings. The first-order valence-corrected chi connectivity index (χ1v) is 7.30. The smallest absolute Gasteiger partial charge is 0.271 e. The lowest BCUT2D eigenvalue weighted by Gasteiger charge is -2.08. The van der Waals surface area contributed by atoms with E-state index in [9.17, 15) is 12.8 Å². The Balaban J connectivity index is 2.34. The summed E-state index contributed by atoms with van der Waals surface area (Å²) in [5.74, 6) is -0.552. The molecular weight excluding hydrogens is 289 g/mol. The second-order valence-electron chi connectivity index (χ2n) is 3.57. The molecule has 19 heavy (non-hydrogen) atoms. The van der Waals surface area contributed by atoms with E-state index < -0.39 is 15.8 Å². The number of halogens is 1. The number of nitrogens with zero attached hydrogens (tertiary/aromatic N) is 1. The zero-order valence-electron chi connectivity index (χ0n) is 9.42. The number of hydrogen-bond acceptors (Lipinski definition) is 5. The molecule has 0 radical (unpaired) electrons. The molecule has 0 unspecified atom stereocenters. The molecule has 0 fully saturated rings. The maximum absolute atomic E-state index is 12.9. The molecule has 5 nitrogen and oxygen atoms in total. The summed E-state index contributed by atoms with van der Waals surface area (Å²) in [6, 6.07) is 7.95. The number of hydrogen-bond donors (Lipinski definition) is 2. The van der Waals surface area contributed by atoms with Gasteiger partial charge < -0.3 is 5.73 Å². The normalized spacial score (nSPS) is 10.9. The van der Waals surface area contributed by atoms with Crippen molar-refractivity contribution in [2.24, 2.45) is 0 Å². The van der Waals surface area contributed by atoms with Crippen molar-refractivity contribution < 1.29 is 12.8 Å². The van der Waals surface area contributed by atoms with Crippen LogP contribution in [0.3, 0.4) is 0 Å². The monoisotopic (exact) mass is 297 g/mol. The number of rotatable bonds is 3. The van der Waals surface area contributed by atoms with E-state index in [1.807, 2.05) is 6.07 Å². The first-order chi connectivity index (χ1) is 8.92. The van der Waals surface area contributed by atoms with Gasteiger partial charge in [-0.05, 0) is 30.3 Å². The van der Waals surface area contributed by atoms with Crippen LogP contribution < -0.4 is 10.5 Å². The lowest BCUT2D eigenvalue weighted by atomic mass is 10.3. The number of thiophene rings is 1. The number of nitrogens with one attached hydrogen (secondary N) is 1. The van der Waals surface area contributed by atoms with Crippen molar-refractivity contribution in [2.75, 3.05) is 10.5 Å². The van der Waals surface area contributed by atoms with E-state index in [1.165, 1.54) is 18.2 Å². The van der Waals surface area contributed by atoms with Gasteiger partial charge in [0.05, 0.1) is 11.4 Å². The molecule has 0 amide bonds. The van der Waals surface area contributed by atoms with Gasteiger partial charge in [-0.1, -0.05) is 0 Å². The summed E-state index contributed by atoms with van der Waals surface area (Å²) >= 11 is 0.842. The third-order valence-electron chi connectivity index (χ3n) is 2.21. The first kappa shape index (κ1) is 13.3. The highest BCUT2D eigenvalue weighted by molar-refractivity contribution is 7.94. The Morgan fingerprint density at radius 2 is 2.05 bits per heavy atom. The maximum atomic E-state index is 12.9. The third-order valence-corrected chi connectivity index (χ3v) is 5.06. The summed E-state index contributed by atoms with van der Waals surface area (Å²) < 4.78 is 39.1. The molecule has 8 heteroatoms. The van der Waals surface area contributed by atoms with Crippen LogP contribution in [-0.2, 0) is 10.0 Å². The number of nitriles is 1. The number of benzene rings is 1. The average molecular weight is 297 g/mol. The zero-order chi connectivity index (χ0) is 14.0. The quantitative estimate of drug-likeness (QED) is 0.848. The fraction of sp³-hybridized carbons (Fsp3) is 0. The molecule has 1 aromatic carbocycles. The van der Waals surface area contributed by atoms with Crippen LogP contribution in [-0.4, -0.2) is 8.42 Å². The van der Waals surface area contributed by atoms with Gasteiger partial charge in [0.15, 0.2) is 0 Å². The van der Waals surface area contributed by atoms with Crippen LogP contribution in [0.1, 0.15) is 4.88 Å². The highest BCUT2D eigenvalue weighted by atomic mass is 32.2. The highest BCUT2D eigenvalue weighted by Gasteiger charge is 2.18. The van der Waals surface area contributed by atoms with Crippen LogP contribution in [0.15, 0.2) is 34.5 Å². The van der Waals surface area contributed by atoms with Crippen LogP contribution in [0.25, 0.3) is 0 Å². The minimum Gasteiger partial charge on any atom is -0.397 e. The fourth-order valence-electron chi connectivity index (χ4n) is 1.35. The Bertz CT molecular complexity index is 762. The van der Waals surface area contributed by atoms with Gasteiger partial charge in [0.1, 0.15) is 21.0 Å². The van der Waals surface area contributed by atoms with Crippen LogP contribution in [0.4, 0.5) is 15.8 Å². The second kappa shape index (κ2) is 4.87. The van der Waals surface area contributed by atoms with Gasteiger partial charge in [-0.15, -0.1) is 11.3 Å². The number of nitrogen functional groups attached to an aromatic ring is 1. The summed E-state index contributed by atoms with van der Waals surface area (Å²) in [5.41, 5.74) is 5.60. The molecule has 0 bridgehead atoms. The molecule has 1 aromatic heterocycles. The topological polar surface area (TPSA) is 96.0 Å². The Kier molecular flexibility index (Phi) is 3.42. The summed E-state index contributed by atoms with van der Waals surface area (Å²) in [4.78, 5) is 0.285. The van der Waals surface area contributed by atoms with Gasteiger partial charge in [0, 0.05) is 0 Å². The van der Waals surface area contributed by atoms with E-state index in [-0.39, 0.29) is 20.5 Å². The summed E-state index contributed by atoms with van der Waals surface area (Å²) in [7, 11) is -3.82. The number of sulfonamides is 1. The SMILES string of the molecule is N#Cc1ccc(S(=O)(=O)Nc2ccc(F)cc2N)s1. The van der Waals surface area contributed by atoms with Gasteiger partial charge in [0.2, 0.25) is 0 Å². The van der Waals surface area contributed by atoms with Gasteiger partial charge in [-0.3, -0.25) is 4.72 Å². The molecule has 98 valence electrons. The van der Waals surface area contributed by atoms with Gasteiger partial charge in [-0.2, -0.15) is 5.26 Å². The van der Waals surface area contributed by atoms with Crippen LogP contribution in [0.5, 0.6) is 0 Å². The summed E-state index contributed by atoms with van der Waals surface area (Å²) in [6.45, 7) is 0. The average Bonchev–Trinajstić information content (AvgIpc) is 2.82. The van der Waals surface area contributed by atoms with Crippen molar-refractivity contribution in [3.05, 3.63) is 41.0 Å². The zero-order valence-corrected chi connectivity index (χ0v) is 11.1. The molecule has 0 saturated carbocycles. The Morgan fingerprint density at radius 3 is 2.63 bits per heavy atom. The fourth-order valence-corrected chi connectivity index (χ4v) is 3.54. The number of nitrogens with two attached hydrogens (primary N) is 1. The molecule has 0 saturated heterocycles. The van der Waals surface area contributed by atoms with E-state index >= 15 is 0 Å². The molecule has 2 aromatic rings. The molecular formula is C11H8FN3O2S2. The van der Waals surface area contributed by atoms with E-state index in [1.54, 1.807) is 0 Å². The second-order valence-corrected chi connectivity index (χ2v) is 6.56. The first-order valence-electron chi connectivity index (χ1n) is 5.00. The lowest BCUT2D eigenvalue weighted by Crippen LogP contribution is -2.12. The van der Waals surface area contributed by atoms with Crippen molar-refractivity contribution in [1.82, 2.24) is 0 Å². The third kappa shape index (κ3) is 2.83. The standard InChI is InChI=1S/C11H8FN3O2S2/c12-7-1-3-10(9(14)5-7)15-19(16,17)11-4-2-8(6-13)18-11/h1-5,15H,14H2. The van der Waals surface area contributed by atoms with Gasteiger partial charge >= 0.3 is 0 Å². The molecule has 0 aliphatic carbocycles. The van der Waals surface area contributed by atoms with Crippen LogP contribution in [0.2, 0.25) is 0 Å². The highest BCUT2D eigenvalue weighted by Crippen LogP contribution is 2.26. The molecule has 0 atom stereocenters. The van der Waals surface area contributed by atoms with Crippen molar-refractivity contribution in [1.29, 1.82) is 5.26 Å². The minimum absolute atomic E-state index is 0.00669. The Labute approximate surface area is 113 Å². The molecule has 2 rings (SSSR count). The Morgan fingerprint density at radius 1 is 1.32 bits per heavy atom. The number of anilines is 2. The van der Waals surface area contributed by atoms with Gasteiger partial charge in [-0.25, -0.2) is 12.8 Å². The molecule has 0 aliphatic heterocycles. The van der Waals surface area contributed by atoms with Crippen LogP contribution in [0, 0.1) is 17.1 Å². The predicted octanol–water partition coefficient (Wildman–Crippen LogP) is 2.14. The van der Waals surface area contributed by atoms with Crippen molar-refractivity contribution >= 4 is 32.7 Å². The molecule has 1 heterocycles. The summed E-state index contributed by atoms with van der Waals surface area (Å²) in [5, 5.41) is 8.66. The van der Waals surface area contributed by atoms with E-state index in [2.05, 4.69) is 4.72 Å². The van der Waals surface area contributed by atoms with E-state index in [4.69, 9.17) is 11.0 Å². The van der Waals surface area contributed by atoms with Crippen molar-refractivity contribution in [3.63, 3.8) is 0 Å². The Hall–Kier alpha value is -2.11. The lowest BCUT2D eigenvalue weighted by molar-refractivity contribution is 0.603. The largest absolute Gasteiger partial charge is 0.397 e. The van der Waals surface area contributed by atoms with E-state index in [0.29, 0.717) is 0 Å². The summed E-state index contributed by atoms with van der Waals surface area (Å²) in [6.07, 6.45) is 0. The molecule has 0 spiro atoms. The van der Waals surface area contributed by atoms with Crippen molar-refractivity contribution in [2.45, 2.75) is 4.21 Å². The maximum Gasteiger partial charge on any atom is 0.271 e. The molecule has 3 N–H and O–H groups in total. The predicted molar refractivity (Wildman–Crippen MR) is 70.7 cm³/mol. The van der Waals surface area contributed by atoms with Crippen LogP contribution >= 0.6 is 11.3 Å². The minimum atomic E-state index is -3.82. The van der Waals surface area contributed by atoms with Gasteiger partial charge in [0.25, 0.3) is 10.0 Å².